The van der Waals surface area contributed by atoms with Crippen molar-refractivity contribution in [2.75, 3.05) is 38.2 Å². The number of piperazine rings is 1. The van der Waals surface area contributed by atoms with Crippen molar-refractivity contribution in [1.82, 2.24) is 4.90 Å². The number of carbonyl (C=O) groups excluding carboxylic acids is 1. The zero-order chi connectivity index (χ0) is 13.8. The zero-order valence-electron chi connectivity index (χ0n) is 11.9. The topological polar surface area (TPSA) is 32.8 Å². The Balaban J connectivity index is 1.96. The van der Waals surface area contributed by atoms with Gasteiger partial charge in [-0.15, -0.1) is 0 Å². The normalized spacial score (nSPS) is 15.8. The van der Waals surface area contributed by atoms with Gasteiger partial charge < -0.3 is 14.5 Å². The van der Waals surface area contributed by atoms with Crippen LogP contribution in [0.25, 0.3) is 0 Å². The molecule has 1 aromatic rings. The summed E-state index contributed by atoms with van der Waals surface area (Å²) >= 11 is 0. The Labute approximate surface area is 115 Å². The summed E-state index contributed by atoms with van der Waals surface area (Å²) in [5.41, 5.74) is 2.59. The molecule has 0 saturated carbocycles. The first-order chi connectivity index (χ1) is 9.11. The van der Waals surface area contributed by atoms with E-state index in [-0.39, 0.29) is 6.09 Å². The van der Waals surface area contributed by atoms with Gasteiger partial charge in [0.1, 0.15) is 0 Å². The number of rotatable bonds is 2. The van der Waals surface area contributed by atoms with Gasteiger partial charge in [0.25, 0.3) is 0 Å². The van der Waals surface area contributed by atoms with Gasteiger partial charge >= 0.3 is 6.09 Å². The minimum absolute atomic E-state index is 0.227. The molecule has 104 valence electrons. The Kier molecular flexibility index (Phi) is 4.30. The molecule has 1 heterocycles. The summed E-state index contributed by atoms with van der Waals surface area (Å²) in [7, 11) is 1.43. The third-order valence-electron chi connectivity index (χ3n) is 3.64. The third kappa shape index (κ3) is 3.19. The van der Waals surface area contributed by atoms with Gasteiger partial charge in [0, 0.05) is 31.9 Å². The molecule has 1 aliphatic heterocycles. The number of benzene rings is 1. The summed E-state index contributed by atoms with van der Waals surface area (Å²) in [5.74, 6) is 0.560. The minimum Gasteiger partial charge on any atom is -0.453 e. The summed E-state index contributed by atoms with van der Waals surface area (Å²) in [4.78, 5) is 15.5. The Bertz CT molecular complexity index is 420. The number of anilines is 1. The van der Waals surface area contributed by atoms with Gasteiger partial charge in [-0.2, -0.15) is 0 Å². The number of ether oxygens (including phenoxy) is 1. The number of nitrogens with zero attached hydrogens (tertiary/aromatic N) is 2. The molecule has 0 aliphatic carbocycles. The van der Waals surface area contributed by atoms with Crippen molar-refractivity contribution in [3.05, 3.63) is 29.8 Å². The summed E-state index contributed by atoms with van der Waals surface area (Å²) in [6.45, 7) is 7.55. The van der Waals surface area contributed by atoms with Crippen LogP contribution in [0.5, 0.6) is 0 Å². The van der Waals surface area contributed by atoms with Crippen LogP contribution in [-0.2, 0) is 4.74 Å². The Morgan fingerprint density at radius 3 is 2.16 bits per heavy atom. The van der Waals surface area contributed by atoms with Crippen LogP contribution in [-0.4, -0.2) is 44.3 Å². The number of methoxy groups -OCH3 is 1. The van der Waals surface area contributed by atoms with Crippen molar-refractivity contribution in [3.8, 4) is 0 Å². The molecule has 0 atom stereocenters. The molecule has 0 unspecified atom stereocenters. The molecule has 1 fully saturated rings. The van der Waals surface area contributed by atoms with Gasteiger partial charge in [0.05, 0.1) is 7.11 Å². The van der Waals surface area contributed by atoms with E-state index in [9.17, 15) is 4.79 Å². The lowest BCUT2D eigenvalue weighted by molar-refractivity contribution is 0.121. The second kappa shape index (κ2) is 5.95. The van der Waals surface area contributed by atoms with Crippen molar-refractivity contribution in [1.29, 1.82) is 0 Å². The molecule has 0 bridgehead atoms. The fraction of sp³-hybridized carbons (Fsp3) is 0.533. The summed E-state index contributed by atoms with van der Waals surface area (Å²) in [6.07, 6.45) is -0.227. The van der Waals surface area contributed by atoms with Crippen LogP contribution in [0, 0.1) is 0 Å². The smallest absolute Gasteiger partial charge is 0.409 e. The molecule has 1 amide bonds. The van der Waals surface area contributed by atoms with Gasteiger partial charge in [0.15, 0.2) is 0 Å². The predicted molar refractivity (Wildman–Crippen MR) is 76.7 cm³/mol. The highest BCUT2D eigenvalue weighted by Crippen LogP contribution is 2.21. The van der Waals surface area contributed by atoms with Gasteiger partial charge in [-0.3, -0.25) is 0 Å². The second-order valence-corrected chi connectivity index (χ2v) is 5.19. The van der Waals surface area contributed by atoms with E-state index in [1.807, 2.05) is 0 Å². The van der Waals surface area contributed by atoms with Crippen molar-refractivity contribution in [2.45, 2.75) is 19.8 Å². The quantitative estimate of drug-likeness (QED) is 0.821. The molecule has 0 N–H and O–H groups in total. The summed E-state index contributed by atoms with van der Waals surface area (Å²) < 4.78 is 4.74. The summed E-state index contributed by atoms with van der Waals surface area (Å²) in [6, 6.07) is 8.71. The van der Waals surface area contributed by atoms with Gasteiger partial charge in [-0.1, -0.05) is 26.0 Å². The highest BCUT2D eigenvalue weighted by molar-refractivity contribution is 5.68. The molecule has 1 saturated heterocycles. The van der Waals surface area contributed by atoms with E-state index < -0.39 is 0 Å². The van der Waals surface area contributed by atoms with Crippen molar-refractivity contribution >= 4 is 11.8 Å². The Hall–Kier alpha value is -1.71. The van der Waals surface area contributed by atoms with E-state index in [1.165, 1.54) is 18.4 Å². The fourth-order valence-corrected chi connectivity index (χ4v) is 2.35. The standard InChI is InChI=1S/C15H22N2O2/c1-12(2)13-4-6-14(7-5-13)16-8-10-17(11-9-16)15(18)19-3/h4-7,12H,8-11H2,1-3H3. The molecule has 19 heavy (non-hydrogen) atoms. The van der Waals surface area contributed by atoms with E-state index in [2.05, 4.69) is 43.0 Å². The van der Waals surface area contributed by atoms with Crippen LogP contribution in [0.2, 0.25) is 0 Å². The van der Waals surface area contributed by atoms with E-state index in [0.717, 1.165) is 26.2 Å². The Morgan fingerprint density at radius 1 is 1.11 bits per heavy atom. The van der Waals surface area contributed by atoms with Gasteiger partial charge in [-0.05, 0) is 23.6 Å². The highest BCUT2D eigenvalue weighted by Gasteiger charge is 2.21. The molecule has 1 aliphatic rings. The molecule has 4 nitrogen and oxygen atoms in total. The lowest BCUT2D eigenvalue weighted by atomic mass is 10.0. The van der Waals surface area contributed by atoms with E-state index in [0.29, 0.717) is 5.92 Å². The van der Waals surface area contributed by atoms with Gasteiger partial charge in [0.2, 0.25) is 0 Å². The molecule has 1 aromatic carbocycles. The first kappa shape index (κ1) is 13.7. The van der Waals surface area contributed by atoms with E-state index in [1.54, 1.807) is 4.90 Å². The minimum atomic E-state index is -0.227. The third-order valence-corrected chi connectivity index (χ3v) is 3.64. The highest BCUT2D eigenvalue weighted by atomic mass is 16.5. The lowest BCUT2D eigenvalue weighted by Gasteiger charge is -2.35. The van der Waals surface area contributed by atoms with Crippen molar-refractivity contribution < 1.29 is 9.53 Å². The number of amides is 1. The number of hydrogen-bond acceptors (Lipinski definition) is 3. The Morgan fingerprint density at radius 2 is 1.68 bits per heavy atom. The molecular formula is C15H22N2O2. The van der Waals surface area contributed by atoms with E-state index in [4.69, 9.17) is 4.74 Å². The SMILES string of the molecule is COC(=O)N1CCN(c2ccc(C(C)C)cc2)CC1. The average molecular weight is 262 g/mol. The fourth-order valence-electron chi connectivity index (χ4n) is 2.35. The molecule has 0 radical (unpaired) electrons. The second-order valence-electron chi connectivity index (χ2n) is 5.19. The molecule has 2 rings (SSSR count). The largest absolute Gasteiger partial charge is 0.453 e. The van der Waals surface area contributed by atoms with E-state index >= 15 is 0 Å². The van der Waals surface area contributed by atoms with Crippen LogP contribution in [0.3, 0.4) is 0 Å². The predicted octanol–water partition coefficient (Wildman–Crippen LogP) is 2.70. The van der Waals surface area contributed by atoms with Gasteiger partial charge in [-0.25, -0.2) is 4.79 Å². The summed E-state index contributed by atoms with van der Waals surface area (Å²) in [5, 5.41) is 0. The maximum absolute atomic E-state index is 11.4. The molecule has 0 aromatic heterocycles. The molecule has 0 spiro atoms. The first-order valence-corrected chi connectivity index (χ1v) is 6.79. The van der Waals surface area contributed by atoms with Crippen LogP contribution in [0.4, 0.5) is 10.5 Å². The number of hydrogen-bond donors (Lipinski definition) is 0. The van der Waals surface area contributed by atoms with Crippen molar-refractivity contribution in [3.63, 3.8) is 0 Å². The maximum atomic E-state index is 11.4. The first-order valence-electron chi connectivity index (χ1n) is 6.79. The van der Waals surface area contributed by atoms with Crippen LogP contribution in [0.1, 0.15) is 25.3 Å². The monoisotopic (exact) mass is 262 g/mol. The molecular weight excluding hydrogens is 240 g/mol. The lowest BCUT2D eigenvalue weighted by Crippen LogP contribution is -2.48. The van der Waals surface area contributed by atoms with Crippen LogP contribution < -0.4 is 4.90 Å². The molecule has 4 heteroatoms. The average Bonchev–Trinajstić information content (AvgIpc) is 2.46. The maximum Gasteiger partial charge on any atom is 0.409 e. The van der Waals surface area contributed by atoms with Crippen LogP contribution >= 0.6 is 0 Å². The number of carbonyl (C=O) groups is 1. The van der Waals surface area contributed by atoms with Crippen LogP contribution in [0.15, 0.2) is 24.3 Å². The van der Waals surface area contributed by atoms with Crippen molar-refractivity contribution in [2.24, 2.45) is 0 Å². The zero-order valence-corrected chi connectivity index (χ0v) is 11.9.